The molecular weight excluding hydrogens is 382 g/mol. The SMILES string of the molecule is CCNC(=NCc1ncc(C)s1)NC1CCN(c2cc(Cl)ccc2OC)C1. The number of aromatic nitrogens is 1. The lowest BCUT2D eigenvalue weighted by molar-refractivity contribution is 0.415. The number of halogens is 1. The van der Waals surface area contributed by atoms with Crippen LogP contribution >= 0.6 is 22.9 Å². The average Bonchev–Trinajstić information content (AvgIpc) is 3.29. The second kappa shape index (κ2) is 9.28. The topological polar surface area (TPSA) is 61.8 Å². The minimum atomic E-state index is 0.310. The van der Waals surface area contributed by atoms with Crippen LogP contribution in [0.5, 0.6) is 5.75 Å². The maximum atomic E-state index is 6.18. The Labute approximate surface area is 169 Å². The van der Waals surface area contributed by atoms with Gasteiger partial charge in [-0.05, 0) is 38.5 Å². The Bertz CT molecular complexity index is 794. The minimum absolute atomic E-state index is 0.310. The summed E-state index contributed by atoms with van der Waals surface area (Å²) in [5.41, 5.74) is 1.04. The van der Waals surface area contributed by atoms with Crippen molar-refractivity contribution in [2.24, 2.45) is 4.99 Å². The molecule has 1 aliphatic rings. The summed E-state index contributed by atoms with van der Waals surface area (Å²) in [7, 11) is 1.69. The highest BCUT2D eigenvalue weighted by Gasteiger charge is 2.25. The van der Waals surface area contributed by atoms with Gasteiger partial charge in [0.25, 0.3) is 0 Å². The number of hydrogen-bond acceptors (Lipinski definition) is 5. The number of ether oxygens (including phenoxy) is 1. The van der Waals surface area contributed by atoms with E-state index in [9.17, 15) is 0 Å². The first kappa shape index (κ1) is 19.8. The van der Waals surface area contributed by atoms with Crippen LogP contribution in [0.25, 0.3) is 0 Å². The van der Waals surface area contributed by atoms with E-state index in [1.54, 1.807) is 18.4 Å². The molecule has 0 aliphatic carbocycles. The molecule has 1 atom stereocenters. The Balaban J connectivity index is 1.64. The fourth-order valence-corrected chi connectivity index (χ4v) is 4.02. The number of aliphatic imine (C=N–C) groups is 1. The van der Waals surface area contributed by atoms with E-state index in [0.29, 0.717) is 12.6 Å². The van der Waals surface area contributed by atoms with Gasteiger partial charge in [0.1, 0.15) is 10.8 Å². The zero-order valence-electron chi connectivity index (χ0n) is 16.0. The molecule has 2 N–H and O–H groups in total. The molecule has 1 unspecified atom stereocenters. The molecule has 8 heteroatoms. The van der Waals surface area contributed by atoms with Gasteiger partial charge in [0.05, 0.1) is 19.3 Å². The fourth-order valence-electron chi connectivity index (χ4n) is 3.14. The van der Waals surface area contributed by atoms with Crippen molar-refractivity contribution in [2.75, 3.05) is 31.6 Å². The van der Waals surface area contributed by atoms with E-state index in [1.807, 2.05) is 24.4 Å². The van der Waals surface area contributed by atoms with E-state index in [4.69, 9.17) is 16.3 Å². The number of thiazole rings is 1. The predicted molar refractivity (Wildman–Crippen MR) is 113 cm³/mol. The van der Waals surface area contributed by atoms with Crippen LogP contribution in [-0.2, 0) is 6.54 Å². The first-order chi connectivity index (χ1) is 13.1. The van der Waals surface area contributed by atoms with Crippen molar-refractivity contribution in [2.45, 2.75) is 32.9 Å². The predicted octanol–water partition coefficient (Wildman–Crippen LogP) is 3.45. The number of guanidine groups is 1. The molecule has 1 aliphatic heterocycles. The van der Waals surface area contributed by atoms with Gasteiger partial charge in [-0.15, -0.1) is 11.3 Å². The van der Waals surface area contributed by atoms with Crippen molar-refractivity contribution in [3.8, 4) is 5.75 Å². The first-order valence-electron chi connectivity index (χ1n) is 9.13. The second-order valence-corrected chi connectivity index (χ2v) is 8.21. The quantitative estimate of drug-likeness (QED) is 0.567. The monoisotopic (exact) mass is 407 g/mol. The third-order valence-corrected chi connectivity index (χ3v) is 5.53. The first-order valence-corrected chi connectivity index (χ1v) is 10.3. The van der Waals surface area contributed by atoms with E-state index in [2.05, 4.69) is 39.4 Å². The number of nitrogens with zero attached hydrogens (tertiary/aromatic N) is 3. The average molecular weight is 408 g/mol. The van der Waals surface area contributed by atoms with E-state index in [0.717, 1.165) is 53.5 Å². The maximum absolute atomic E-state index is 6.18. The molecule has 0 bridgehead atoms. The van der Waals surface area contributed by atoms with Gasteiger partial charge in [-0.1, -0.05) is 11.6 Å². The molecule has 0 radical (unpaired) electrons. The smallest absolute Gasteiger partial charge is 0.191 e. The lowest BCUT2D eigenvalue weighted by Crippen LogP contribution is -2.44. The summed E-state index contributed by atoms with van der Waals surface area (Å²) in [6, 6.07) is 6.04. The molecule has 146 valence electrons. The van der Waals surface area contributed by atoms with Crippen LogP contribution in [-0.4, -0.2) is 43.7 Å². The standard InChI is InChI=1S/C19H26ClN5OS/c1-4-21-19(23-11-18-22-10-13(2)27-18)24-15-7-8-25(12-15)16-9-14(20)5-6-17(16)26-3/h5-6,9-10,15H,4,7-8,11-12H2,1-3H3,(H2,21,23,24). The van der Waals surface area contributed by atoms with Gasteiger partial charge in [-0.3, -0.25) is 0 Å². The number of methoxy groups -OCH3 is 1. The van der Waals surface area contributed by atoms with Crippen LogP contribution < -0.4 is 20.3 Å². The van der Waals surface area contributed by atoms with Crippen molar-refractivity contribution in [3.63, 3.8) is 0 Å². The van der Waals surface area contributed by atoms with Crippen LogP contribution in [0.4, 0.5) is 5.69 Å². The summed E-state index contributed by atoms with van der Waals surface area (Å²) in [5, 5.41) is 8.62. The van der Waals surface area contributed by atoms with Crippen LogP contribution in [0.2, 0.25) is 5.02 Å². The van der Waals surface area contributed by atoms with Crippen LogP contribution in [0.1, 0.15) is 23.2 Å². The van der Waals surface area contributed by atoms with Gasteiger partial charge in [0.2, 0.25) is 0 Å². The van der Waals surface area contributed by atoms with Crippen molar-refractivity contribution in [3.05, 3.63) is 39.3 Å². The zero-order chi connectivity index (χ0) is 19.2. The van der Waals surface area contributed by atoms with Crippen molar-refractivity contribution in [1.29, 1.82) is 0 Å². The Kier molecular flexibility index (Phi) is 6.79. The molecule has 1 aromatic heterocycles. The third-order valence-electron chi connectivity index (χ3n) is 4.40. The normalized spacial score (nSPS) is 17.3. The van der Waals surface area contributed by atoms with Gasteiger partial charge in [0.15, 0.2) is 5.96 Å². The summed E-state index contributed by atoms with van der Waals surface area (Å²) < 4.78 is 5.49. The highest BCUT2D eigenvalue weighted by atomic mass is 35.5. The fraction of sp³-hybridized carbons (Fsp3) is 0.474. The Morgan fingerprint density at radius 1 is 1.48 bits per heavy atom. The number of benzene rings is 1. The Hall–Kier alpha value is -1.99. The number of rotatable bonds is 6. The molecule has 2 heterocycles. The highest BCUT2D eigenvalue weighted by Crippen LogP contribution is 2.33. The van der Waals surface area contributed by atoms with Crippen molar-refractivity contribution < 1.29 is 4.74 Å². The lowest BCUT2D eigenvalue weighted by atomic mass is 10.2. The number of aryl methyl sites for hydroxylation is 1. The molecule has 2 aromatic rings. The zero-order valence-corrected chi connectivity index (χ0v) is 17.5. The number of hydrogen-bond donors (Lipinski definition) is 2. The summed E-state index contributed by atoms with van der Waals surface area (Å²) in [6.07, 6.45) is 2.92. The molecule has 1 fully saturated rings. The molecule has 1 aromatic carbocycles. The van der Waals surface area contributed by atoms with Gasteiger partial charge < -0.3 is 20.3 Å². The molecule has 27 heavy (non-hydrogen) atoms. The molecule has 0 saturated carbocycles. The maximum Gasteiger partial charge on any atom is 0.191 e. The number of nitrogens with one attached hydrogen (secondary N) is 2. The summed E-state index contributed by atoms with van der Waals surface area (Å²) in [4.78, 5) is 12.6. The van der Waals surface area contributed by atoms with Gasteiger partial charge in [-0.25, -0.2) is 9.98 Å². The largest absolute Gasteiger partial charge is 0.495 e. The molecule has 1 saturated heterocycles. The van der Waals surface area contributed by atoms with E-state index in [-0.39, 0.29) is 0 Å². The second-order valence-electron chi connectivity index (χ2n) is 6.45. The Morgan fingerprint density at radius 3 is 3.04 bits per heavy atom. The summed E-state index contributed by atoms with van der Waals surface area (Å²) in [6.45, 7) is 7.36. The lowest BCUT2D eigenvalue weighted by Gasteiger charge is -2.22. The van der Waals surface area contributed by atoms with Gasteiger partial charge >= 0.3 is 0 Å². The van der Waals surface area contributed by atoms with Crippen LogP contribution in [0.3, 0.4) is 0 Å². The highest BCUT2D eigenvalue weighted by molar-refractivity contribution is 7.11. The van der Waals surface area contributed by atoms with Crippen molar-refractivity contribution >= 4 is 34.6 Å². The molecule has 0 amide bonds. The van der Waals surface area contributed by atoms with E-state index < -0.39 is 0 Å². The van der Waals surface area contributed by atoms with Crippen LogP contribution in [0, 0.1) is 6.92 Å². The Morgan fingerprint density at radius 2 is 2.33 bits per heavy atom. The summed E-state index contributed by atoms with van der Waals surface area (Å²) in [5.74, 6) is 1.68. The van der Waals surface area contributed by atoms with Gasteiger partial charge in [0, 0.05) is 41.8 Å². The molecular formula is C19H26ClN5OS. The van der Waals surface area contributed by atoms with E-state index >= 15 is 0 Å². The molecule has 3 rings (SSSR count). The van der Waals surface area contributed by atoms with Crippen molar-refractivity contribution in [1.82, 2.24) is 15.6 Å². The molecule has 0 spiro atoms. The molecule has 6 nitrogen and oxygen atoms in total. The summed E-state index contributed by atoms with van der Waals surface area (Å²) >= 11 is 7.87. The number of anilines is 1. The van der Waals surface area contributed by atoms with Gasteiger partial charge in [-0.2, -0.15) is 0 Å². The minimum Gasteiger partial charge on any atom is -0.495 e. The third kappa shape index (κ3) is 5.26. The van der Waals surface area contributed by atoms with E-state index in [1.165, 1.54) is 4.88 Å². The van der Waals surface area contributed by atoms with Crippen LogP contribution in [0.15, 0.2) is 29.4 Å².